The lowest BCUT2D eigenvalue weighted by molar-refractivity contribution is -0.126. The maximum atomic E-state index is 11.7. The van der Waals surface area contributed by atoms with E-state index in [4.69, 9.17) is 5.73 Å². The minimum Gasteiger partial charge on any atom is -0.352 e. The Balaban J connectivity index is 0. The second kappa shape index (κ2) is 7.94. The molecule has 0 aromatic carbocycles. The van der Waals surface area contributed by atoms with Crippen LogP contribution in [0.3, 0.4) is 0 Å². The van der Waals surface area contributed by atoms with Crippen molar-refractivity contribution in [2.45, 2.75) is 65.0 Å². The van der Waals surface area contributed by atoms with Crippen molar-refractivity contribution in [1.82, 2.24) is 5.32 Å². The standard InChI is InChI=1S/C11H24N2O.ClH/c1-5-8-11(4,12)10(14)13-9(6-2)7-3;/h9H,5-8,12H2,1-4H3,(H,13,14);1H. The zero-order valence-electron chi connectivity index (χ0n) is 10.3. The molecule has 0 heterocycles. The molecule has 3 N–H and O–H groups in total. The molecule has 0 aromatic rings. The van der Waals surface area contributed by atoms with E-state index in [0.29, 0.717) is 0 Å². The molecule has 0 aliphatic rings. The van der Waals surface area contributed by atoms with Crippen molar-refractivity contribution in [3.05, 3.63) is 0 Å². The Morgan fingerprint density at radius 2 is 1.80 bits per heavy atom. The first-order valence-corrected chi connectivity index (χ1v) is 5.57. The van der Waals surface area contributed by atoms with Crippen LogP contribution in [0.5, 0.6) is 0 Å². The van der Waals surface area contributed by atoms with Gasteiger partial charge in [0, 0.05) is 6.04 Å². The zero-order valence-corrected chi connectivity index (χ0v) is 11.1. The summed E-state index contributed by atoms with van der Waals surface area (Å²) >= 11 is 0. The third kappa shape index (κ3) is 6.00. The van der Waals surface area contributed by atoms with Gasteiger partial charge in [-0.05, 0) is 26.2 Å². The minimum atomic E-state index is -0.711. The summed E-state index contributed by atoms with van der Waals surface area (Å²) in [6.07, 6.45) is 3.59. The number of hydrogen-bond acceptors (Lipinski definition) is 2. The lowest BCUT2D eigenvalue weighted by Crippen LogP contribution is -2.53. The molecule has 0 rings (SSSR count). The van der Waals surface area contributed by atoms with Crippen molar-refractivity contribution in [2.75, 3.05) is 0 Å². The van der Waals surface area contributed by atoms with Crippen molar-refractivity contribution in [1.29, 1.82) is 0 Å². The maximum absolute atomic E-state index is 11.7. The fraction of sp³-hybridized carbons (Fsp3) is 0.909. The predicted octanol–water partition coefficient (Wildman–Crippen LogP) is 2.23. The van der Waals surface area contributed by atoms with Crippen LogP contribution >= 0.6 is 12.4 Å². The topological polar surface area (TPSA) is 55.1 Å². The third-order valence-corrected chi connectivity index (χ3v) is 2.61. The van der Waals surface area contributed by atoms with Gasteiger partial charge in [0.05, 0.1) is 5.54 Å². The van der Waals surface area contributed by atoms with Crippen LogP contribution in [0.25, 0.3) is 0 Å². The van der Waals surface area contributed by atoms with Gasteiger partial charge in [-0.25, -0.2) is 0 Å². The van der Waals surface area contributed by atoms with E-state index in [9.17, 15) is 4.79 Å². The molecular weight excluding hydrogens is 212 g/mol. The number of nitrogens with two attached hydrogens (primary N) is 1. The summed E-state index contributed by atoms with van der Waals surface area (Å²) in [5.74, 6) is -0.0203. The summed E-state index contributed by atoms with van der Waals surface area (Å²) in [7, 11) is 0. The molecule has 0 aliphatic carbocycles. The Bertz CT molecular complexity index is 179. The van der Waals surface area contributed by atoms with E-state index < -0.39 is 5.54 Å². The second-order valence-electron chi connectivity index (χ2n) is 4.15. The van der Waals surface area contributed by atoms with Crippen molar-refractivity contribution < 1.29 is 4.79 Å². The maximum Gasteiger partial charge on any atom is 0.240 e. The van der Waals surface area contributed by atoms with Crippen molar-refractivity contribution in [3.8, 4) is 0 Å². The fourth-order valence-electron chi connectivity index (χ4n) is 1.48. The number of amides is 1. The minimum absolute atomic E-state index is 0. The molecular formula is C11H25ClN2O. The molecule has 92 valence electrons. The van der Waals surface area contributed by atoms with Gasteiger partial charge in [-0.3, -0.25) is 4.79 Å². The van der Waals surface area contributed by atoms with E-state index in [1.165, 1.54) is 0 Å². The van der Waals surface area contributed by atoms with Crippen LogP contribution in [0.4, 0.5) is 0 Å². The van der Waals surface area contributed by atoms with E-state index in [0.717, 1.165) is 25.7 Å². The molecule has 1 unspecified atom stereocenters. The molecule has 1 amide bonds. The first kappa shape index (κ1) is 17.1. The van der Waals surface area contributed by atoms with Crippen LogP contribution in [0.2, 0.25) is 0 Å². The molecule has 0 bridgehead atoms. The van der Waals surface area contributed by atoms with Gasteiger partial charge in [-0.15, -0.1) is 12.4 Å². The highest BCUT2D eigenvalue weighted by atomic mass is 35.5. The summed E-state index contributed by atoms with van der Waals surface area (Å²) in [4.78, 5) is 11.7. The number of carbonyl (C=O) groups is 1. The van der Waals surface area contributed by atoms with Gasteiger partial charge in [0.2, 0.25) is 5.91 Å². The van der Waals surface area contributed by atoms with Gasteiger partial charge in [-0.1, -0.05) is 27.2 Å². The third-order valence-electron chi connectivity index (χ3n) is 2.61. The molecule has 0 aromatic heterocycles. The van der Waals surface area contributed by atoms with Crippen LogP contribution < -0.4 is 11.1 Å². The molecule has 0 radical (unpaired) electrons. The lowest BCUT2D eigenvalue weighted by Gasteiger charge is -2.26. The molecule has 15 heavy (non-hydrogen) atoms. The Morgan fingerprint density at radius 3 is 2.13 bits per heavy atom. The first-order valence-electron chi connectivity index (χ1n) is 5.57. The summed E-state index contributed by atoms with van der Waals surface area (Å²) < 4.78 is 0. The predicted molar refractivity (Wildman–Crippen MR) is 67.3 cm³/mol. The highest BCUT2D eigenvalue weighted by Gasteiger charge is 2.27. The zero-order chi connectivity index (χ0) is 11.2. The van der Waals surface area contributed by atoms with Gasteiger partial charge in [0.25, 0.3) is 0 Å². The van der Waals surface area contributed by atoms with Gasteiger partial charge in [0.15, 0.2) is 0 Å². The molecule has 0 spiro atoms. The van der Waals surface area contributed by atoms with Crippen molar-refractivity contribution >= 4 is 18.3 Å². The molecule has 0 saturated carbocycles. The quantitative estimate of drug-likeness (QED) is 0.743. The van der Waals surface area contributed by atoms with Gasteiger partial charge in [-0.2, -0.15) is 0 Å². The smallest absolute Gasteiger partial charge is 0.240 e. The second-order valence-corrected chi connectivity index (χ2v) is 4.15. The number of nitrogens with one attached hydrogen (secondary N) is 1. The van der Waals surface area contributed by atoms with Crippen LogP contribution in [0.1, 0.15) is 53.4 Å². The molecule has 4 heteroatoms. The van der Waals surface area contributed by atoms with Gasteiger partial charge < -0.3 is 11.1 Å². The number of halogens is 1. The lowest BCUT2D eigenvalue weighted by atomic mass is 9.96. The van der Waals surface area contributed by atoms with E-state index >= 15 is 0 Å². The first-order chi connectivity index (χ1) is 6.47. The largest absolute Gasteiger partial charge is 0.352 e. The molecule has 0 fully saturated rings. The summed E-state index contributed by atoms with van der Waals surface area (Å²) in [6.45, 7) is 7.98. The van der Waals surface area contributed by atoms with Crippen LogP contribution in [0, 0.1) is 0 Å². The van der Waals surface area contributed by atoms with Crippen molar-refractivity contribution in [2.24, 2.45) is 5.73 Å². The summed E-state index contributed by atoms with van der Waals surface area (Å²) in [5, 5.41) is 2.98. The van der Waals surface area contributed by atoms with Gasteiger partial charge in [0.1, 0.15) is 0 Å². The summed E-state index contributed by atoms with van der Waals surface area (Å²) in [6, 6.07) is 0.266. The van der Waals surface area contributed by atoms with E-state index in [2.05, 4.69) is 19.2 Å². The SMILES string of the molecule is CCCC(C)(N)C(=O)NC(CC)CC.Cl. The molecule has 0 saturated heterocycles. The van der Waals surface area contributed by atoms with Crippen LogP contribution in [-0.2, 0) is 4.79 Å². The number of carbonyl (C=O) groups excluding carboxylic acids is 1. The number of hydrogen-bond donors (Lipinski definition) is 2. The highest BCUT2D eigenvalue weighted by molar-refractivity contribution is 5.86. The number of rotatable bonds is 6. The van der Waals surface area contributed by atoms with E-state index in [-0.39, 0.29) is 24.4 Å². The molecule has 0 aliphatic heterocycles. The monoisotopic (exact) mass is 236 g/mol. The Labute approximate surface area is 99.6 Å². The normalized spacial score (nSPS) is 14.3. The van der Waals surface area contributed by atoms with Crippen LogP contribution in [0.15, 0.2) is 0 Å². The fourth-order valence-corrected chi connectivity index (χ4v) is 1.48. The Hall–Kier alpha value is -0.280. The average molecular weight is 237 g/mol. The van der Waals surface area contributed by atoms with E-state index in [1.54, 1.807) is 6.92 Å². The van der Waals surface area contributed by atoms with Crippen LogP contribution in [-0.4, -0.2) is 17.5 Å². The Kier molecular flexibility index (Phi) is 9.07. The average Bonchev–Trinajstić information content (AvgIpc) is 2.13. The molecule has 3 nitrogen and oxygen atoms in total. The molecule has 1 atom stereocenters. The van der Waals surface area contributed by atoms with E-state index in [1.807, 2.05) is 6.92 Å². The van der Waals surface area contributed by atoms with Crippen molar-refractivity contribution in [3.63, 3.8) is 0 Å². The summed E-state index contributed by atoms with van der Waals surface area (Å²) in [5.41, 5.74) is 5.21. The Morgan fingerprint density at radius 1 is 1.33 bits per heavy atom. The highest BCUT2D eigenvalue weighted by Crippen LogP contribution is 2.09. The van der Waals surface area contributed by atoms with Gasteiger partial charge >= 0.3 is 0 Å².